The highest BCUT2D eigenvalue weighted by atomic mass is 35.5. The summed E-state index contributed by atoms with van der Waals surface area (Å²) in [5.74, 6) is -1.32. The van der Waals surface area contributed by atoms with Gasteiger partial charge in [0.1, 0.15) is 5.75 Å². The van der Waals surface area contributed by atoms with E-state index in [1.165, 1.54) is 31.4 Å². The molecule has 0 aliphatic carbocycles. The van der Waals surface area contributed by atoms with Crippen LogP contribution in [0.2, 0.25) is 5.02 Å². The van der Waals surface area contributed by atoms with Crippen molar-refractivity contribution in [3.05, 3.63) is 82.0 Å². The van der Waals surface area contributed by atoms with Gasteiger partial charge in [-0.15, -0.1) is 0 Å². The molecule has 3 nitrogen and oxygen atoms in total. The quantitative estimate of drug-likeness (QED) is 0.584. The first-order valence-corrected chi connectivity index (χ1v) is 8.13. The number of hydrogen-bond acceptors (Lipinski definition) is 3. The molecule has 3 rings (SSSR count). The third-order valence-electron chi connectivity index (χ3n) is 3.97. The fraction of sp³-hybridized carbons (Fsp3) is 0.100. The second-order valence-corrected chi connectivity index (χ2v) is 5.99. The molecule has 0 N–H and O–H groups in total. The van der Waals surface area contributed by atoms with E-state index < -0.39 is 11.6 Å². The van der Waals surface area contributed by atoms with Gasteiger partial charge < -0.3 is 4.74 Å². The summed E-state index contributed by atoms with van der Waals surface area (Å²) in [6, 6.07) is 12.0. The Morgan fingerprint density at radius 2 is 1.96 bits per heavy atom. The molecule has 0 bridgehead atoms. The van der Waals surface area contributed by atoms with Crippen LogP contribution in [0, 0.1) is 11.6 Å². The minimum absolute atomic E-state index is 0.0282. The van der Waals surface area contributed by atoms with Gasteiger partial charge in [0.2, 0.25) is 0 Å². The fourth-order valence-electron chi connectivity index (χ4n) is 2.61. The lowest BCUT2D eigenvalue weighted by molar-refractivity contribution is 0.112. The molecule has 0 saturated heterocycles. The largest absolute Gasteiger partial charge is 0.497 e. The number of benzene rings is 2. The summed E-state index contributed by atoms with van der Waals surface area (Å²) >= 11 is 6.22. The molecule has 1 heterocycles. The van der Waals surface area contributed by atoms with Gasteiger partial charge in [0.15, 0.2) is 17.9 Å². The van der Waals surface area contributed by atoms with Crippen LogP contribution >= 0.6 is 11.6 Å². The molecule has 2 aromatic carbocycles. The van der Waals surface area contributed by atoms with Crippen LogP contribution in [0.3, 0.4) is 0 Å². The average molecular weight is 374 g/mol. The van der Waals surface area contributed by atoms with Gasteiger partial charge in [0.05, 0.1) is 18.5 Å². The Morgan fingerprint density at radius 1 is 1.15 bits per heavy atom. The average Bonchev–Trinajstić information content (AvgIpc) is 2.65. The van der Waals surface area contributed by atoms with Gasteiger partial charge in [-0.25, -0.2) is 8.78 Å². The molecule has 0 aliphatic rings. The van der Waals surface area contributed by atoms with Crippen LogP contribution in [0.1, 0.15) is 21.6 Å². The third kappa shape index (κ3) is 3.58. The number of carbonyl (C=O) groups is 1. The van der Waals surface area contributed by atoms with E-state index in [4.69, 9.17) is 16.3 Å². The fourth-order valence-corrected chi connectivity index (χ4v) is 2.79. The summed E-state index contributed by atoms with van der Waals surface area (Å²) in [6.07, 6.45) is 0.914. The van der Waals surface area contributed by atoms with Crippen molar-refractivity contribution in [1.82, 2.24) is 4.98 Å². The molecule has 0 fully saturated rings. The van der Waals surface area contributed by atoms with E-state index in [0.717, 1.165) is 6.07 Å². The van der Waals surface area contributed by atoms with Crippen molar-refractivity contribution >= 4 is 17.9 Å². The monoisotopic (exact) mass is 373 g/mol. The Morgan fingerprint density at radius 3 is 2.69 bits per heavy atom. The Bertz CT molecular complexity index is 976. The number of rotatable bonds is 5. The SMILES string of the molecule is COc1ccc(Cl)c(Cc2nc(-c3cccc(F)c3F)ccc2C=O)c1. The number of aldehydes is 1. The van der Waals surface area contributed by atoms with Crippen molar-refractivity contribution in [2.45, 2.75) is 6.42 Å². The van der Waals surface area contributed by atoms with E-state index >= 15 is 0 Å². The number of pyridine rings is 1. The second-order valence-electron chi connectivity index (χ2n) is 5.59. The summed E-state index contributed by atoms with van der Waals surface area (Å²) in [5, 5.41) is 0.492. The van der Waals surface area contributed by atoms with E-state index in [1.807, 2.05) is 0 Å². The van der Waals surface area contributed by atoms with Crippen molar-refractivity contribution < 1.29 is 18.3 Å². The smallest absolute Gasteiger partial charge is 0.168 e. The predicted octanol–water partition coefficient (Wildman–Crippen LogP) is 5.09. The Labute approximate surface area is 154 Å². The first-order chi connectivity index (χ1) is 12.5. The zero-order chi connectivity index (χ0) is 18.7. The number of carbonyl (C=O) groups excluding carboxylic acids is 1. The van der Waals surface area contributed by atoms with Crippen LogP contribution in [-0.4, -0.2) is 18.4 Å². The van der Waals surface area contributed by atoms with Crippen LogP contribution in [0.5, 0.6) is 5.75 Å². The highest BCUT2D eigenvalue weighted by Gasteiger charge is 2.14. The predicted molar refractivity (Wildman–Crippen MR) is 95.8 cm³/mol. The number of hydrogen-bond donors (Lipinski definition) is 0. The molecular weight excluding hydrogens is 360 g/mol. The van der Waals surface area contributed by atoms with Crippen LogP contribution in [-0.2, 0) is 6.42 Å². The zero-order valence-electron chi connectivity index (χ0n) is 13.8. The molecule has 1 aromatic heterocycles. The van der Waals surface area contributed by atoms with Crippen molar-refractivity contribution in [1.29, 1.82) is 0 Å². The molecule has 0 amide bonds. The Balaban J connectivity index is 2.07. The van der Waals surface area contributed by atoms with E-state index in [2.05, 4.69) is 4.98 Å². The Kier molecular flexibility index (Phi) is 5.28. The van der Waals surface area contributed by atoms with Crippen molar-refractivity contribution in [2.24, 2.45) is 0 Å². The summed E-state index contributed by atoms with van der Waals surface area (Å²) in [6.45, 7) is 0. The molecule has 0 spiro atoms. The zero-order valence-corrected chi connectivity index (χ0v) is 14.6. The van der Waals surface area contributed by atoms with Gasteiger partial charge in [-0.05, 0) is 48.0 Å². The maximum Gasteiger partial charge on any atom is 0.168 e. The molecule has 3 aromatic rings. The number of ether oxygens (including phenoxy) is 1. The van der Waals surface area contributed by atoms with Crippen LogP contribution in [0.4, 0.5) is 8.78 Å². The van der Waals surface area contributed by atoms with E-state index in [9.17, 15) is 13.6 Å². The summed E-state index contributed by atoms with van der Waals surface area (Å²) < 4.78 is 32.8. The standard InChI is InChI=1S/C20H14ClF2NO2/c1-26-14-6-7-16(21)13(9-14)10-19-12(11-25)5-8-18(24-19)15-3-2-4-17(22)20(15)23/h2-9,11H,10H2,1H3. The minimum Gasteiger partial charge on any atom is -0.497 e. The van der Waals surface area contributed by atoms with Gasteiger partial charge in [-0.1, -0.05) is 17.7 Å². The number of methoxy groups -OCH3 is 1. The van der Waals surface area contributed by atoms with Gasteiger partial charge in [-0.2, -0.15) is 0 Å². The number of halogens is 3. The maximum absolute atomic E-state index is 14.1. The van der Waals surface area contributed by atoms with E-state index in [-0.39, 0.29) is 17.7 Å². The highest BCUT2D eigenvalue weighted by Crippen LogP contribution is 2.27. The van der Waals surface area contributed by atoms with E-state index in [1.54, 1.807) is 18.2 Å². The van der Waals surface area contributed by atoms with Gasteiger partial charge in [0.25, 0.3) is 0 Å². The lowest BCUT2D eigenvalue weighted by atomic mass is 10.0. The van der Waals surface area contributed by atoms with Crippen LogP contribution < -0.4 is 4.74 Å². The molecule has 132 valence electrons. The molecule has 6 heteroatoms. The number of nitrogens with zero attached hydrogens (tertiary/aromatic N) is 1. The molecule has 0 radical (unpaired) electrons. The highest BCUT2D eigenvalue weighted by molar-refractivity contribution is 6.31. The third-order valence-corrected chi connectivity index (χ3v) is 4.34. The molecular formula is C20H14ClF2NO2. The summed E-state index contributed by atoms with van der Waals surface area (Å²) in [7, 11) is 1.54. The first-order valence-electron chi connectivity index (χ1n) is 7.75. The molecule has 0 aliphatic heterocycles. The topological polar surface area (TPSA) is 39.2 Å². The summed E-state index contributed by atoms with van der Waals surface area (Å²) in [5.41, 5.74) is 1.74. The maximum atomic E-state index is 14.1. The van der Waals surface area contributed by atoms with Gasteiger partial charge >= 0.3 is 0 Å². The molecule has 0 atom stereocenters. The minimum atomic E-state index is -0.982. The van der Waals surface area contributed by atoms with Gasteiger partial charge in [-0.3, -0.25) is 9.78 Å². The first kappa shape index (κ1) is 18.0. The van der Waals surface area contributed by atoms with Gasteiger partial charge in [0, 0.05) is 22.6 Å². The van der Waals surface area contributed by atoms with Crippen molar-refractivity contribution in [3.8, 4) is 17.0 Å². The summed E-state index contributed by atoms with van der Waals surface area (Å²) in [4.78, 5) is 15.7. The molecule has 0 saturated carbocycles. The van der Waals surface area contributed by atoms with Crippen LogP contribution in [0.15, 0.2) is 48.5 Å². The lowest BCUT2D eigenvalue weighted by Gasteiger charge is -2.11. The lowest BCUT2D eigenvalue weighted by Crippen LogP contribution is -2.02. The molecule has 0 unspecified atom stereocenters. The van der Waals surface area contributed by atoms with E-state index in [0.29, 0.717) is 33.9 Å². The van der Waals surface area contributed by atoms with Crippen LogP contribution in [0.25, 0.3) is 11.3 Å². The number of aromatic nitrogens is 1. The van der Waals surface area contributed by atoms with Crippen molar-refractivity contribution in [2.75, 3.05) is 7.11 Å². The van der Waals surface area contributed by atoms with Crippen molar-refractivity contribution in [3.63, 3.8) is 0 Å². The second kappa shape index (κ2) is 7.62. The normalized spacial score (nSPS) is 10.6. The molecule has 26 heavy (non-hydrogen) atoms. The Hall–Kier alpha value is -2.79.